The first kappa shape index (κ1) is 12.1. The molecule has 0 aliphatic carbocycles. The van der Waals surface area contributed by atoms with Crippen LogP contribution in [0.5, 0.6) is 11.6 Å². The van der Waals surface area contributed by atoms with Gasteiger partial charge in [0.1, 0.15) is 12.0 Å². The summed E-state index contributed by atoms with van der Waals surface area (Å²) in [4.78, 5) is 14.9. The van der Waals surface area contributed by atoms with Crippen molar-refractivity contribution in [2.24, 2.45) is 0 Å². The first-order valence-corrected chi connectivity index (χ1v) is 5.42. The fourth-order valence-corrected chi connectivity index (χ4v) is 1.71. The minimum atomic E-state index is 0.519. The number of carbonyl (C=O) groups is 1. The van der Waals surface area contributed by atoms with Crippen molar-refractivity contribution >= 4 is 6.29 Å². The van der Waals surface area contributed by atoms with E-state index in [-0.39, 0.29) is 0 Å². The summed E-state index contributed by atoms with van der Waals surface area (Å²) in [5.41, 5.74) is 2.33. The molecule has 18 heavy (non-hydrogen) atoms. The molecule has 1 heterocycles. The molecule has 1 aromatic carbocycles. The standard InChI is InChI=1S/C14H13NO3/c1-17-13-4-3-10(9-16)7-12(13)11-5-6-15-14(8-11)18-2/h3-9H,1-2H3. The Balaban J connectivity index is 2.56. The van der Waals surface area contributed by atoms with Gasteiger partial charge in [0.05, 0.1) is 14.2 Å². The van der Waals surface area contributed by atoms with Gasteiger partial charge in [-0.2, -0.15) is 0 Å². The van der Waals surface area contributed by atoms with Gasteiger partial charge in [0.25, 0.3) is 0 Å². The molecule has 2 rings (SSSR count). The second-order valence-electron chi connectivity index (χ2n) is 3.66. The first-order valence-electron chi connectivity index (χ1n) is 5.42. The van der Waals surface area contributed by atoms with Gasteiger partial charge in [-0.25, -0.2) is 4.98 Å². The van der Waals surface area contributed by atoms with Crippen molar-refractivity contribution in [3.63, 3.8) is 0 Å². The summed E-state index contributed by atoms with van der Waals surface area (Å²) >= 11 is 0. The van der Waals surface area contributed by atoms with Crippen LogP contribution < -0.4 is 9.47 Å². The van der Waals surface area contributed by atoms with Gasteiger partial charge in [-0.1, -0.05) is 0 Å². The Labute approximate surface area is 105 Å². The van der Waals surface area contributed by atoms with Crippen molar-refractivity contribution in [3.8, 4) is 22.8 Å². The van der Waals surface area contributed by atoms with Crippen molar-refractivity contribution < 1.29 is 14.3 Å². The maximum absolute atomic E-state index is 10.8. The monoisotopic (exact) mass is 243 g/mol. The number of rotatable bonds is 4. The highest BCUT2D eigenvalue weighted by Gasteiger charge is 2.08. The molecule has 2 aromatic rings. The van der Waals surface area contributed by atoms with Crippen LogP contribution in [0.15, 0.2) is 36.5 Å². The molecule has 0 saturated carbocycles. The highest BCUT2D eigenvalue weighted by molar-refractivity contribution is 5.81. The Morgan fingerprint density at radius 1 is 1.11 bits per heavy atom. The van der Waals surface area contributed by atoms with Gasteiger partial charge in [0.2, 0.25) is 5.88 Å². The average molecular weight is 243 g/mol. The van der Waals surface area contributed by atoms with Crippen LogP contribution in [0.1, 0.15) is 10.4 Å². The Bertz CT molecular complexity index is 567. The van der Waals surface area contributed by atoms with Crippen LogP contribution in [0.25, 0.3) is 11.1 Å². The van der Waals surface area contributed by atoms with Crippen LogP contribution in [-0.4, -0.2) is 25.5 Å². The van der Waals surface area contributed by atoms with E-state index in [1.807, 2.05) is 6.07 Å². The van der Waals surface area contributed by atoms with Crippen LogP contribution in [0, 0.1) is 0 Å². The largest absolute Gasteiger partial charge is 0.496 e. The van der Waals surface area contributed by atoms with Gasteiger partial charge in [-0.05, 0) is 29.8 Å². The summed E-state index contributed by atoms with van der Waals surface area (Å²) in [7, 11) is 3.16. The SMILES string of the molecule is COc1cc(-c2cc(C=O)ccc2OC)ccn1. The lowest BCUT2D eigenvalue weighted by molar-refractivity contribution is 0.112. The molecule has 0 spiro atoms. The third-order valence-electron chi connectivity index (χ3n) is 2.61. The van der Waals surface area contributed by atoms with Gasteiger partial charge in [0.15, 0.2) is 0 Å². The van der Waals surface area contributed by atoms with Crippen molar-refractivity contribution in [1.82, 2.24) is 4.98 Å². The molecular formula is C14H13NO3. The van der Waals surface area contributed by atoms with Crippen LogP contribution in [-0.2, 0) is 0 Å². The second-order valence-corrected chi connectivity index (χ2v) is 3.66. The number of methoxy groups -OCH3 is 2. The molecule has 92 valence electrons. The summed E-state index contributed by atoms with van der Waals surface area (Å²) in [6.45, 7) is 0. The number of hydrogen-bond donors (Lipinski definition) is 0. The quantitative estimate of drug-likeness (QED) is 0.774. The maximum atomic E-state index is 10.8. The Hall–Kier alpha value is -2.36. The zero-order valence-electron chi connectivity index (χ0n) is 10.2. The molecule has 0 bridgehead atoms. The van der Waals surface area contributed by atoms with E-state index in [1.165, 1.54) is 0 Å². The summed E-state index contributed by atoms with van der Waals surface area (Å²) in [6, 6.07) is 8.90. The van der Waals surface area contributed by atoms with Crippen LogP contribution in [0.3, 0.4) is 0 Å². The number of pyridine rings is 1. The Morgan fingerprint density at radius 2 is 1.94 bits per heavy atom. The van der Waals surface area contributed by atoms with Gasteiger partial charge >= 0.3 is 0 Å². The Kier molecular flexibility index (Phi) is 3.57. The lowest BCUT2D eigenvalue weighted by atomic mass is 10.0. The van der Waals surface area contributed by atoms with Crippen LogP contribution in [0.2, 0.25) is 0 Å². The summed E-state index contributed by atoms with van der Waals surface area (Å²) < 4.78 is 10.4. The van der Waals surface area contributed by atoms with Crippen molar-refractivity contribution in [1.29, 1.82) is 0 Å². The first-order chi connectivity index (χ1) is 8.78. The fourth-order valence-electron chi connectivity index (χ4n) is 1.71. The molecule has 0 atom stereocenters. The molecule has 4 nitrogen and oxygen atoms in total. The lowest BCUT2D eigenvalue weighted by Gasteiger charge is -2.10. The van der Waals surface area contributed by atoms with Gasteiger partial charge < -0.3 is 9.47 Å². The summed E-state index contributed by atoms with van der Waals surface area (Å²) in [5, 5.41) is 0. The zero-order valence-corrected chi connectivity index (χ0v) is 10.2. The van der Waals surface area contributed by atoms with E-state index in [1.54, 1.807) is 44.7 Å². The van der Waals surface area contributed by atoms with Gasteiger partial charge in [-0.3, -0.25) is 4.79 Å². The van der Waals surface area contributed by atoms with Crippen molar-refractivity contribution in [2.75, 3.05) is 14.2 Å². The third-order valence-corrected chi connectivity index (χ3v) is 2.61. The molecule has 0 radical (unpaired) electrons. The van der Waals surface area contributed by atoms with Crippen LogP contribution >= 0.6 is 0 Å². The molecule has 4 heteroatoms. The number of benzene rings is 1. The molecule has 1 aromatic heterocycles. The van der Waals surface area contributed by atoms with Gasteiger partial charge in [0, 0.05) is 23.4 Å². The fraction of sp³-hybridized carbons (Fsp3) is 0.143. The number of carbonyl (C=O) groups excluding carboxylic acids is 1. The molecule has 0 aliphatic rings. The molecule has 0 fully saturated rings. The number of nitrogens with zero attached hydrogens (tertiary/aromatic N) is 1. The van der Waals surface area contributed by atoms with E-state index in [0.717, 1.165) is 17.4 Å². The highest BCUT2D eigenvalue weighted by Crippen LogP contribution is 2.31. The predicted molar refractivity (Wildman–Crippen MR) is 68.2 cm³/mol. The highest BCUT2D eigenvalue weighted by atomic mass is 16.5. The summed E-state index contributed by atoms with van der Waals surface area (Å²) in [5.74, 6) is 1.22. The predicted octanol–water partition coefficient (Wildman–Crippen LogP) is 2.58. The zero-order chi connectivity index (χ0) is 13.0. The van der Waals surface area contributed by atoms with Crippen molar-refractivity contribution in [2.45, 2.75) is 0 Å². The van der Waals surface area contributed by atoms with E-state index < -0.39 is 0 Å². The van der Waals surface area contributed by atoms with E-state index in [2.05, 4.69) is 4.98 Å². The number of hydrogen-bond acceptors (Lipinski definition) is 4. The number of aldehydes is 1. The Morgan fingerprint density at radius 3 is 2.61 bits per heavy atom. The van der Waals surface area contributed by atoms with E-state index in [0.29, 0.717) is 17.2 Å². The third kappa shape index (κ3) is 2.32. The smallest absolute Gasteiger partial charge is 0.213 e. The minimum absolute atomic E-state index is 0.519. The van der Waals surface area contributed by atoms with Crippen LogP contribution in [0.4, 0.5) is 0 Å². The summed E-state index contributed by atoms with van der Waals surface area (Å²) in [6.07, 6.45) is 2.46. The van der Waals surface area contributed by atoms with Crippen molar-refractivity contribution in [3.05, 3.63) is 42.1 Å². The van der Waals surface area contributed by atoms with E-state index in [9.17, 15) is 4.79 Å². The second kappa shape index (κ2) is 5.31. The number of aromatic nitrogens is 1. The topological polar surface area (TPSA) is 48.4 Å². The van der Waals surface area contributed by atoms with E-state index >= 15 is 0 Å². The molecule has 0 N–H and O–H groups in total. The molecule has 0 amide bonds. The molecule has 0 saturated heterocycles. The molecule has 0 unspecified atom stereocenters. The maximum Gasteiger partial charge on any atom is 0.213 e. The molecule has 0 aliphatic heterocycles. The minimum Gasteiger partial charge on any atom is -0.496 e. The normalized spacial score (nSPS) is 9.89. The average Bonchev–Trinajstić information content (AvgIpc) is 2.46. The van der Waals surface area contributed by atoms with Gasteiger partial charge in [-0.15, -0.1) is 0 Å². The molecular weight excluding hydrogens is 230 g/mol. The lowest BCUT2D eigenvalue weighted by Crippen LogP contribution is -1.92. The number of ether oxygens (including phenoxy) is 2. The van der Waals surface area contributed by atoms with E-state index in [4.69, 9.17) is 9.47 Å².